The minimum absolute atomic E-state index is 0.0446. The van der Waals surface area contributed by atoms with Crippen LogP contribution in [-0.2, 0) is 17.5 Å². The van der Waals surface area contributed by atoms with E-state index in [1.165, 1.54) is 12.1 Å². The summed E-state index contributed by atoms with van der Waals surface area (Å²) < 4.78 is 44.6. The highest BCUT2D eigenvalue weighted by molar-refractivity contribution is 5.46. The maximum Gasteiger partial charge on any atom is 0.416 e. The maximum absolute atomic E-state index is 13.0. The summed E-state index contributed by atoms with van der Waals surface area (Å²) in [5.41, 5.74) is 5.18. The second kappa shape index (κ2) is 5.61. The standard InChI is InChI=1S/C14H19F3N2O/c1-9-13(5-6-20-9)19(2)8-10-3-4-11(18)7-12(10)14(15,16)17/h3-4,7,9,13H,5-6,8,18H2,1-2H3. The van der Waals surface area contributed by atoms with E-state index in [0.29, 0.717) is 6.61 Å². The summed E-state index contributed by atoms with van der Waals surface area (Å²) in [6.07, 6.45) is -3.50. The van der Waals surface area contributed by atoms with E-state index in [1.807, 2.05) is 18.9 Å². The molecule has 2 rings (SSSR count). The fourth-order valence-electron chi connectivity index (χ4n) is 2.68. The molecule has 2 N–H and O–H groups in total. The number of halogens is 3. The maximum atomic E-state index is 13.0. The first-order valence-corrected chi connectivity index (χ1v) is 6.56. The fourth-order valence-corrected chi connectivity index (χ4v) is 2.68. The van der Waals surface area contributed by atoms with E-state index in [-0.39, 0.29) is 29.9 Å². The summed E-state index contributed by atoms with van der Waals surface area (Å²) in [4.78, 5) is 1.92. The minimum atomic E-state index is -4.39. The second-order valence-electron chi connectivity index (χ2n) is 5.26. The van der Waals surface area contributed by atoms with Crippen molar-refractivity contribution in [1.29, 1.82) is 0 Å². The van der Waals surface area contributed by atoms with Crippen LogP contribution in [0.4, 0.5) is 18.9 Å². The summed E-state index contributed by atoms with van der Waals surface area (Å²) in [6, 6.07) is 4.11. The topological polar surface area (TPSA) is 38.5 Å². The molecule has 1 heterocycles. The zero-order valence-corrected chi connectivity index (χ0v) is 11.6. The summed E-state index contributed by atoms with van der Waals surface area (Å²) in [5, 5.41) is 0. The van der Waals surface area contributed by atoms with Gasteiger partial charge in [-0.25, -0.2) is 0 Å². The summed E-state index contributed by atoms with van der Waals surface area (Å²) in [7, 11) is 1.83. The fraction of sp³-hybridized carbons (Fsp3) is 0.571. The lowest BCUT2D eigenvalue weighted by atomic mass is 10.0. The zero-order valence-electron chi connectivity index (χ0n) is 11.6. The predicted octanol–water partition coefficient (Wildman–Crippen LogP) is 2.90. The highest BCUT2D eigenvalue weighted by Crippen LogP contribution is 2.34. The van der Waals surface area contributed by atoms with Crippen LogP contribution in [0.1, 0.15) is 24.5 Å². The van der Waals surface area contributed by atoms with Crippen LogP contribution in [0.15, 0.2) is 18.2 Å². The van der Waals surface area contributed by atoms with Gasteiger partial charge in [0.15, 0.2) is 0 Å². The van der Waals surface area contributed by atoms with Gasteiger partial charge >= 0.3 is 6.18 Å². The lowest BCUT2D eigenvalue weighted by molar-refractivity contribution is -0.138. The Morgan fingerprint density at radius 2 is 2.10 bits per heavy atom. The van der Waals surface area contributed by atoms with Crippen molar-refractivity contribution in [2.24, 2.45) is 0 Å². The molecule has 0 radical (unpaired) electrons. The quantitative estimate of drug-likeness (QED) is 0.869. The van der Waals surface area contributed by atoms with Gasteiger partial charge in [0.2, 0.25) is 0 Å². The van der Waals surface area contributed by atoms with Crippen LogP contribution < -0.4 is 5.73 Å². The molecule has 1 aliphatic rings. The Kier molecular flexibility index (Phi) is 4.25. The van der Waals surface area contributed by atoms with Gasteiger partial charge in [-0.1, -0.05) is 6.07 Å². The van der Waals surface area contributed by atoms with Crippen LogP contribution in [0.25, 0.3) is 0 Å². The highest BCUT2D eigenvalue weighted by Gasteiger charge is 2.35. The van der Waals surface area contributed by atoms with Gasteiger partial charge in [0.05, 0.1) is 11.7 Å². The molecule has 0 bridgehead atoms. The van der Waals surface area contributed by atoms with E-state index in [1.54, 1.807) is 0 Å². The normalized spacial score (nSPS) is 23.5. The van der Waals surface area contributed by atoms with Gasteiger partial charge in [0.25, 0.3) is 0 Å². The van der Waals surface area contributed by atoms with Gasteiger partial charge in [-0.3, -0.25) is 4.90 Å². The van der Waals surface area contributed by atoms with Gasteiger partial charge in [0.1, 0.15) is 0 Å². The molecule has 0 aliphatic carbocycles. The van der Waals surface area contributed by atoms with Crippen molar-refractivity contribution in [1.82, 2.24) is 4.90 Å². The van der Waals surface area contributed by atoms with E-state index in [0.717, 1.165) is 12.5 Å². The first-order valence-electron chi connectivity index (χ1n) is 6.56. The number of anilines is 1. The van der Waals surface area contributed by atoms with Crippen molar-refractivity contribution >= 4 is 5.69 Å². The number of hydrogen-bond donors (Lipinski definition) is 1. The number of ether oxygens (including phenoxy) is 1. The second-order valence-corrected chi connectivity index (χ2v) is 5.26. The van der Waals surface area contributed by atoms with Gasteiger partial charge < -0.3 is 10.5 Å². The van der Waals surface area contributed by atoms with E-state index >= 15 is 0 Å². The number of nitrogens with two attached hydrogens (primary N) is 1. The third-order valence-electron chi connectivity index (χ3n) is 3.76. The number of rotatable bonds is 3. The average molecular weight is 288 g/mol. The smallest absolute Gasteiger partial charge is 0.399 e. The molecule has 3 nitrogen and oxygen atoms in total. The molecule has 0 aromatic heterocycles. The van der Waals surface area contributed by atoms with Crippen molar-refractivity contribution in [3.63, 3.8) is 0 Å². The van der Waals surface area contributed by atoms with Crippen molar-refractivity contribution < 1.29 is 17.9 Å². The highest BCUT2D eigenvalue weighted by atomic mass is 19.4. The molecule has 2 unspecified atom stereocenters. The average Bonchev–Trinajstić information content (AvgIpc) is 2.76. The van der Waals surface area contributed by atoms with E-state index in [2.05, 4.69) is 0 Å². The van der Waals surface area contributed by atoms with E-state index < -0.39 is 11.7 Å². The zero-order chi connectivity index (χ0) is 14.9. The molecule has 2 atom stereocenters. The Balaban J connectivity index is 2.20. The SMILES string of the molecule is CC1OCCC1N(C)Cc1ccc(N)cc1C(F)(F)F. The van der Waals surface area contributed by atoms with Crippen molar-refractivity contribution in [3.05, 3.63) is 29.3 Å². The third kappa shape index (κ3) is 3.24. The Morgan fingerprint density at radius 1 is 1.40 bits per heavy atom. The minimum Gasteiger partial charge on any atom is -0.399 e. The molecule has 1 aromatic carbocycles. The molecule has 0 spiro atoms. The van der Waals surface area contributed by atoms with Crippen LogP contribution in [0.2, 0.25) is 0 Å². The Hall–Kier alpha value is -1.27. The van der Waals surface area contributed by atoms with Crippen molar-refractivity contribution in [2.75, 3.05) is 19.4 Å². The van der Waals surface area contributed by atoms with Gasteiger partial charge in [-0.2, -0.15) is 13.2 Å². The molecular weight excluding hydrogens is 269 g/mol. The molecule has 0 saturated carbocycles. The summed E-state index contributed by atoms with van der Waals surface area (Å²) >= 11 is 0. The molecule has 1 saturated heterocycles. The van der Waals surface area contributed by atoms with Gasteiger partial charge in [-0.15, -0.1) is 0 Å². The molecule has 1 aromatic rings. The Bertz CT molecular complexity index is 476. The summed E-state index contributed by atoms with van der Waals surface area (Å²) in [5.74, 6) is 0. The number of alkyl halides is 3. The first kappa shape index (κ1) is 15.1. The molecular formula is C14H19F3N2O. The van der Waals surface area contributed by atoms with Gasteiger partial charge in [-0.05, 0) is 38.1 Å². The van der Waals surface area contributed by atoms with Crippen molar-refractivity contribution in [3.8, 4) is 0 Å². The molecule has 6 heteroatoms. The Morgan fingerprint density at radius 3 is 2.65 bits per heavy atom. The monoisotopic (exact) mass is 288 g/mol. The molecule has 112 valence electrons. The van der Waals surface area contributed by atoms with Gasteiger partial charge in [0, 0.05) is 24.9 Å². The van der Waals surface area contributed by atoms with Crippen LogP contribution >= 0.6 is 0 Å². The van der Waals surface area contributed by atoms with E-state index in [9.17, 15) is 13.2 Å². The lowest BCUT2D eigenvalue weighted by Gasteiger charge is -2.27. The number of nitrogen functional groups attached to an aromatic ring is 1. The lowest BCUT2D eigenvalue weighted by Crippen LogP contribution is -2.36. The van der Waals surface area contributed by atoms with E-state index in [4.69, 9.17) is 10.5 Å². The largest absolute Gasteiger partial charge is 0.416 e. The Labute approximate surface area is 116 Å². The molecule has 20 heavy (non-hydrogen) atoms. The predicted molar refractivity (Wildman–Crippen MR) is 71.1 cm³/mol. The van der Waals surface area contributed by atoms with Crippen LogP contribution in [0.3, 0.4) is 0 Å². The van der Waals surface area contributed by atoms with Crippen molar-refractivity contribution in [2.45, 2.75) is 38.2 Å². The molecule has 1 fully saturated rings. The molecule has 1 aliphatic heterocycles. The van der Waals surface area contributed by atoms with Crippen LogP contribution in [0.5, 0.6) is 0 Å². The van der Waals surface area contributed by atoms with Crippen LogP contribution in [0, 0.1) is 0 Å². The summed E-state index contributed by atoms with van der Waals surface area (Å²) in [6.45, 7) is 2.83. The van der Waals surface area contributed by atoms with Crippen LogP contribution in [-0.4, -0.2) is 30.7 Å². The number of nitrogens with zero attached hydrogens (tertiary/aromatic N) is 1. The number of likely N-dealkylation sites (N-methyl/N-ethyl adjacent to an activating group) is 1. The number of hydrogen-bond acceptors (Lipinski definition) is 3. The first-order chi connectivity index (χ1) is 9.29. The number of benzene rings is 1. The molecule has 0 amide bonds. The third-order valence-corrected chi connectivity index (χ3v) is 3.76.